The Morgan fingerprint density at radius 3 is 2.47 bits per heavy atom. The summed E-state index contributed by atoms with van der Waals surface area (Å²) in [7, 11) is 0. The van der Waals surface area contributed by atoms with Crippen molar-refractivity contribution in [2.45, 2.75) is 40.7 Å². The van der Waals surface area contributed by atoms with Crippen LogP contribution in [0.1, 0.15) is 37.1 Å². The number of hydrogen-bond donors (Lipinski definition) is 1. The molecule has 0 bridgehead atoms. The third-order valence-electron chi connectivity index (χ3n) is 3.17. The smallest absolute Gasteiger partial charge is 0.122 e. The number of rotatable bonds is 3. The largest absolute Gasteiger partial charge is 0.384 e. The summed E-state index contributed by atoms with van der Waals surface area (Å²) in [6, 6.07) is 2.17. The number of nitrogens with zero attached hydrogens (tertiary/aromatic N) is 2. The second-order valence-corrected chi connectivity index (χ2v) is 4.21. The highest BCUT2D eigenvalue weighted by atomic mass is 15.1. The molecule has 0 aliphatic heterocycles. The molecule has 1 rings (SSSR count). The van der Waals surface area contributed by atoms with E-state index >= 15 is 0 Å². The Bertz CT molecular complexity index is 396. The van der Waals surface area contributed by atoms with Crippen LogP contribution in [0.3, 0.4) is 0 Å². The SMILES string of the molecule is CCC(C)Cn1c(C)c(C)c(C#N)c1N. The Balaban J connectivity index is 3.15. The van der Waals surface area contributed by atoms with Crippen LogP contribution < -0.4 is 5.73 Å². The normalized spacial score (nSPS) is 12.5. The van der Waals surface area contributed by atoms with Crippen LogP contribution in [0.5, 0.6) is 0 Å². The fraction of sp³-hybridized carbons (Fsp3) is 0.583. The molecule has 0 saturated carbocycles. The van der Waals surface area contributed by atoms with E-state index in [2.05, 4.69) is 24.5 Å². The van der Waals surface area contributed by atoms with E-state index < -0.39 is 0 Å². The van der Waals surface area contributed by atoms with Crippen molar-refractivity contribution in [3.8, 4) is 6.07 Å². The zero-order valence-electron chi connectivity index (χ0n) is 9.96. The van der Waals surface area contributed by atoms with Gasteiger partial charge in [0.15, 0.2) is 0 Å². The molecule has 3 heteroatoms. The van der Waals surface area contributed by atoms with E-state index in [0.717, 1.165) is 24.2 Å². The van der Waals surface area contributed by atoms with Crippen molar-refractivity contribution in [1.29, 1.82) is 5.26 Å². The lowest BCUT2D eigenvalue weighted by atomic mass is 10.1. The number of aromatic nitrogens is 1. The molecule has 0 aliphatic carbocycles. The van der Waals surface area contributed by atoms with Crippen molar-refractivity contribution in [2.75, 3.05) is 5.73 Å². The van der Waals surface area contributed by atoms with Crippen LogP contribution in [-0.2, 0) is 6.54 Å². The van der Waals surface area contributed by atoms with Gasteiger partial charge in [0, 0.05) is 12.2 Å². The van der Waals surface area contributed by atoms with Crippen LogP contribution in [0, 0.1) is 31.1 Å². The third kappa shape index (κ3) is 1.99. The molecular weight excluding hydrogens is 186 g/mol. The van der Waals surface area contributed by atoms with Gasteiger partial charge in [-0.1, -0.05) is 20.3 Å². The van der Waals surface area contributed by atoms with Crippen molar-refractivity contribution in [2.24, 2.45) is 5.92 Å². The lowest BCUT2D eigenvalue weighted by molar-refractivity contribution is 0.467. The van der Waals surface area contributed by atoms with Gasteiger partial charge in [-0.25, -0.2) is 0 Å². The molecule has 3 nitrogen and oxygen atoms in total. The molecule has 1 aromatic rings. The number of nitrogens with two attached hydrogens (primary N) is 1. The maximum Gasteiger partial charge on any atom is 0.122 e. The first-order chi connectivity index (χ1) is 7.02. The van der Waals surface area contributed by atoms with Crippen LogP contribution in [0.2, 0.25) is 0 Å². The standard InChI is InChI=1S/C12H19N3/c1-5-8(2)7-15-10(4)9(3)11(6-13)12(15)14/h8H,5,7,14H2,1-4H3. The third-order valence-corrected chi connectivity index (χ3v) is 3.17. The van der Waals surface area contributed by atoms with Gasteiger partial charge < -0.3 is 10.3 Å². The average Bonchev–Trinajstić information content (AvgIpc) is 2.42. The fourth-order valence-electron chi connectivity index (χ4n) is 1.71. The lowest BCUT2D eigenvalue weighted by Crippen LogP contribution is -2.11. The maximum atomic E-state index is 8.99. The molecule has 2 N–H and O–H groups in total. The first kappa shape index (κ1) is 11.6. The summed E-state index contributed by atoms with van der Waals surface area (Å²) in [6.45, 7) is 9.24. The zero-order valence-corrected chi connectivity index (χ0v) is 9.96. The minimum Gasteiger partial charge on any atom is -0.384 e. The van der Waals surface area contributed by atoms with E-state index in [1.54, 1.807) is 0 Å². The monoisotopic (exact) mass is 205 g/mol. The van der Waals surface area contributed by atoms with E-state index in [-0.39, 0.29) is 0 Å². The van der Waals surface area contributed by atoms with Gasteiger partial charge in [-0.2, -0.15) is 5.26 Å². The molecule has 0 spiro atoms. The Morgan fingerprint density at radius 1 is 1.47 bits per heavy atom. The van der Waals surface area contributed by atoms with Gasteiger partial charge in [-0.15, -0.1) is 0 Å². The maximum absolute atomic E-state index is 8.99. The Labute approximate surface area is 91.5 Å². The van der Waals surface area contributed by atoms with Crippen LogP contribution in [0.4, 0.5) is 5.82 Å². The van der Waals surface area contributed by atoms with Crippen LogP contribution in [0.15, 0.2) is 0 Å². The van der Waals surface area contributed by atoms with E-state index in [1.165, 1.54) is 0 Å². The zero-order chi connectivity index (χ0) is 11.6. The highest BCUT2D eigenvalue weighted by Crippen LogP contribution is 2.24. The number of nitriles is 1. The van der Waals surface area contributed by atoms with Crippen molar-refractivity contribution in [3.05, 3.63) is 16.8 Å². The molecular formula is C12H19N3. The van der Waals surface area contributed by atoms with E-state index in [0.29, 0.717) is 17.3 Å². The van der Waals surface area contributed by atoms with Gasteiger partial charge in [0.25, 0.3) is 0 Å². The van der Waals surface area contributed by atoms with E-state index in [9.17, 15) is 0 Å². The topological polar surface area (TPSA) is 54.7 Å². The molecule has 0 saturated heterocycles. The molecule has 1 unspecified atom stereocenters. The number of nitrogen functional groups attached to an aromatic ring is 1. The first-order valence-electron chi connectivity index (χ1n) is 5.38. The molecule has 0 fully saturated rings. The molecule has 82 valence electrons. The van der Waals surface area contributed by atoms with Gasteiger partial charge >= 0.3 is 0 Å². The summed E-state index contributed by atoms with van der Waals surface area (Å²) in [6.07, 6.45) is 1.12. The lowest BCUT2D eigenvalue weighted by Gasteiger charge is -2.13. The van der Waals surface area contributed by atoms with Gasteiger partial charge in [-0.3, -0.25) is 0 Å². The predicted molar refractivity (Wildman–Crippen MR) is 62.5 cm³/mol. The van der Waals surface area contributed by atoms with Crippen LogP contribution >= 0.6 is 0 Å². The summed E-state index contributed by atoms with van der Waals surface area (Å²) in [5.41, 5.74) is 8.72. The Kier molecular flexibility index (Phi) is 3.41. The van der Waals surface area contributed by atoms with Gasteiger partial charge in [0.1, 0.15) is 11.9 Å². The average molecular weight is 205 g/mol. The fourth-order valence-corrected chi connectivity index (χ4v) is 1.71. The summed E-state index contributed by atoms with van der Waals surface area (Å²) in [5.74, 6) is 1.21. The van der Waals surface area contributed by atoms with Gasteiger partial charge in [0.2, 0.25) is 0 Å². The predicted octanol–water partition coefficient (Wildman–Crippen LogP) is 2.60. The van der Waals surface area contributed by atoms with Gasteiger partial charge in [-0.05, 0) is 25.3 Å². The summed E-state index contributed by atoms with van der Waals surface area (Å²) in [4.78, 5) is 0. The summed E-state index contributed by atoms with van der Waals surface area (Å²) in [5, 5.41) is 8.99. The highest BCUT2D eigenvalue weighted by Gasteiger charge is 2.15. The second-order valence-electron chi connectivity index (χ2n) is 4.21. The number of anilines is 1. The molecule has 15 heavy (non-hydrogen) atoms. The quantitative estimate of drug-likeness (QED) is 0.824. The molecule has 1 heterocycles. The van der Waals surface area contributed by atoms with E-state index in [1.807, 2.05) is 13.8 Å². The molecule has 1 aromatic heterocycles. The molecule has 0 aliphatic rings. The van der Waals surface area contributed by atoms with Crippen LogP contribution in [0.25, 0.3) is 0 Å². The number of hydrogen-bond acceptors (Lipinski definition) is 2. The Hall–Kier alpha value is -1.43. The highest BCUT2D eigenvalue weighted by molar-refractivity contribution is 5.57. The molecule has 0 radical (unpaired) electrons. The van der Waals surface area contributed by atoms with Crippen LogP contribution in [-0.4, -0.2) is 4.57 Å². The molecule has 0 amide bonds. The molecule has 1 atom stereocenters. The Morgan fingerprint density at radius 2 is 2.07 bits per heavy atom. The van der Waals surface area contributed by atoms with Crippen molar-refractivity contribution in [1.82, 2.24) is 4.57 Å². The summed E-state index contributed by atoms with van der Waals surface area (Å²) < 4.78 is 2.06. The van der Waals surface area contributed by atoms with Crippen molar-refractivity contribution >= 4 is 5.82 Å². The van der Waals surface area contributed by atoms with E-state index in [4.69, 9.17) is 11.0 Å². The van der Waals surface area contributed by atoms with Crippen molar-refractivity contribution < 1.29 is 0 Å². The second kappa shape index (κ2) is 4.39. The van der Waals surface area contributed by atoms with Crippen molar-refractivity contribution in [3.63, 3.8) is 0 Å². The minimum absolute atomic E-state index is 0.587. The molecule has 0 aromatic carbocycles. The minimum atomic E-state index is 0.587. The first-order valence-corrected chi connectivity index (χ1v) is 5.38. The van der Waals surface area contributed by atoms with Gasteiger partial charge in [0.05, 0.1) is 5.56 Å². The summed E-state index contributed by atoms with van der Waals surface area (Å²) >= 11 is 0.